The van der Waals surface area contributed by atoms with Crippen molar-refractivity contribution in [3.05, 3.63) is 0 Å². The van der Waals surface area contributed by atoms with Crippen LogP contribution in [0.2, 0.25) is 0 Å². The first-order valence-corrected chi connectivity index (χ1v) is 9.83. The lowest BCUT2D eigenvalue weighted by atomic mass is 9.81. The van der Waals surface area contributed by atoms with Gasteiger partial charge in [-0.3, -0.25) is 9.59 Å². The number of nitrogens with two attached hydrogens (primary N) is 1. The molecule has 0 aromatic carbocycles. The first-order chi connectivity index (χ1) is 11.6. The van der Waals surface area contributed by atoms with Crippen LogP contribution in [0.4, 0.5) is 0 Å². The van der Waals surface area contributed by atoms with Crippen LogP contribution < -0.4 is 5.73 Å². The van der Waals surface area contributed by atoms with Gasteiger partial charge in [-0.15, -0.1) is 12.4 Å². The third-order valence-electron chi connectivity index (χ3n) is 6.27. The fourth-order valence-electron chi connectivity index (χ4n) is 4.22. The summed E-state index contributed by atoms with van der Waals surface area (Å²) in [7, 11) is 0. The molecule has 0 radical (unpaired) electrons. The van der Waals surface area contributed by atoms with Gasteiger partial charge in [-0.2, -0.15) is 0 Å². The van der Waals surface area contributed by atoms with Crippen molar-refractivity contribution >= 4 is 24.2 Å². The van der Waals surface area contributed by atoms with E-state index in [1.807, 2.05) is 23.6 Å². The van der Waals surface area contributed by atoms with Gasteiger partial charge in [0.1, 0.15) is 0 Å². The number of nitrogens with zero attached hydrogens (tertiary/aromatic N) is 2. The molecule has 1 heterocycles. The molecule has 1 aliphatic heterocycles. The molecule has 146 valence electrons. The van der Waals surface area contributed by atoms with Crippen molar-refractivity contribution in [2.45, 2.75) is 65.2 Å². The van der Waals surface area contributed by atoms with E-state index in [1.165, 1.54) is 25.7 Å². The standard InChI is InChI=1S/C19H35N3O2.ClH/c1-3-19(4-2,15-20)18(24)22-11-7-10-21(12-13-22)17(23)14-16-8-5-6-9-16;/h16H,3-15,20H2,1-2H3;1H. The summed E-state index contributed by atoms with van der Waals surface area (Å²) >= 11 is 0. The lowest BCUT2D eigenvalue weighted by Crippen LogP contribution is -2.48. The lowest BCUT2D eigenvalue weighted by Gasteiger charge is -2.34. The summed E-state index contributed by atoms with van der Waals surface area (Å²) in [5.74, 6) is 1.05. The van der Waals surface area contributed by atoms with E-state index in [-0.39, 0.29) is 24.2 Å². The Kier molecular flexibility index (Phi) is 9.22. The van der Waals surface area contributed by atoms with Gasteiger partial charge >= 0.3 is 0 Å². The van der Waals surface area contributed by atoms with Gasteiger partial charge in [-0.05, 0) is 38.0 Å². The number of halogens is 1. The average Bonchev–Trinajstić information content (AvgIpc) is 2.98. The number of hydrogen-bond donors (Lipinski definition) is 1. The first kappa shape index (κ1) is 22.2. The second-order valence-corrected chi connectivity index (χ2v) is 7.57. The van der Waals surface area contributed by atoms with Gasteiger partial charge in [0.05, 0.1) is 5.41 Å². The molecule has 2 aliphatic rings. The van der Waals surface area contributed by atoms with E-state index < -0.39 is 5.41 Å². The second kappa shape index (κ2) is 10.4. The predicted molar refractivity (Wildman–Crippen MR) is 104 cm³/mol. The summed E-state index contributed by atoms with van der Waals surface area (Å²) in [6.07, 6.45) is 8.08. The Morgan fingerprint density at radius 2 is 1.52 bits per heavy atom. The van der Waals surface area contributed by atoms with E-state index >= 15 is 0 Å². The third-order valence-corrected chi connectivity index (χ3v) is 6.27. The Bertz CT molecular complexity index is 426. The fourth-order valence-corrected chi connectivity index (χ4v) is 4.22. The molecule has 1 saturated carbocycles. The van der Waals surface area contributed by atoms with Crippen LogP contribution >= 0.6 is 12.4 Å². The first-order valence-electron chi connectivity index (χ1n) is 9.83. The molecule has 2 fully saturated rings. The van der Waals surface area contributed by atoms with Gasteiger partial charge in [0, 0.05) is 39.1 Å². The Labute approximate surface area is 159 Å². The van der Waals surface area contributed by atoms with Crippen molar-refractivity contribution in [1.82, 2.24) is 9.80 Å². The quantitative estimate of drug-likeness (QED) is 0.778. The van der Waals surface area contributed by atoms with Crippen LogP contribution in [-0.4, -0.2) is 54.3 Å². The van der Waals surface area contributed by atoms with Gasteiger partial charge in [0.25, 0.3) is 0 Å². The lowest BCUT2D eigenvalue weighted by molar-refractivity contribution is -0.142. The summed E-state index contributed by atoms with van der Waals surface area (Å²) in [6.45, 7) is 7.34. The molecule has 2 rings (SSSR count). The average molecular weight is 374 g/mol. The van der Waals surface area contributed by atoms with Crippen molar-refractivity contribution < 1.29 is 9.59 Å². The zero-order valence-electron chi connectivity index (χ0n) is 16.0. The Balaban J connectivity index is 0.00000312. The zero-order chi connectivity index (χ0) is 17.6. The van der Waals surface area contributed by atoms with Crippen LogP contribution in [0.1, 0.15) is 65.2 Å². The Morgan fingerprint density at radius 1 is 0.960 bits per heavy atom. The summed E-state index contributed by atoms with van der Waals surface area (Å²) in [6, 6.07) is 0. The summed E-state index contributed by atoms with van der Waals surface area (Å²) in [5.41, 5.74) is 5.50. The second-order valence-electron chi connectivity index (χ2n) is 7.57. The van der Waals surface area contributed by atoms with Crippen molar-refractivity contribution in [1.29, 1.82) is 0 Å². The Morgan fingerprint density at radius 3 is 2.08 bits per heavy atom. The van der Waals surface area contributed by atoms with Crippen molar-refractivity contribution in [3.63, 3.8) is 0 Å². The molecule has 2 N–H and O–H groups in total. The van der Waals surface area contributed by atoms with Crippen LogP contribution in [0.3, 0.4) is 0 Å². The summed E-state index contributed by atoms with van der Waals surface area (Å²) in [5, 5.41) is 0. The third kappa shape index (κ3) is 5.33. The minimum atomic E-state index is -0.428. The fraction of sp³-hybridized carbons (Fsp3) is 0.895. The van der Waals surface area contributed by atoms with Crippen molar-refractivity contribution in [2.75, 3.05) is 32.7 Å². The number of hydrogen-bond acceptors (Lipinski definition) is 3. The molecule has 25 heavy (non-hydrogen) atoms. The largest absolute Gasteiger partial charge is 0.341 e. The van der Waals surface area contributed by atoms with Crippen molar-refractivity contribution in [2.24, 2.45) is 17.1 Å². The highest BCUT2D eigenvalue weighted by Crippen LogP contribution is 2.29. The molecule has 5 nitrogen and oxygen atoms in total. The molecule has 0 aromatic rings. The minimum Gasteiger partial charge on any atom is -0.341 e. The molecule has 0 atom stereocenters. The van der Waals surface area contributed by atoms with Gasteiger partial charge in [-0.25, -0.2) is 0 Å². The highest BCUT2D eigenvalue weighted by atomic mass is 35.5. The molecule has 0 unspecified atom stereocenters. The van der Waals surface area contributed by atoms with E-state index in [4.69, 9.17) is 5.73 Å². The van der Waals surface area contributed by atoms with Gasteiger partial charge in [0.15, 0.2) is 0 Å². The topological polar surface area (TPSA) is 66.6 Å². The number of carbonyl (C=O) groups excluding carboxylic acids is 2. The minimum absolute atomic E-state index is 0. The molecule has 1 aliphatic carbocycles. The van der Waals surface area contributed by atoms with Gasteiger partial charge < -0.3 is 15.5 Å². The van der Waals surface area contributed by atoms with E-state index in [0.717, 1.165) is 32.4 Å². The van der Waals surface area contributed by atoms with Crippen LogP contribution in [0.25, 0.3) is 0 Å². The maximum absolute atomic E-state index is 13.0. The number of amides is 2. The Hall–Kier alpha value is -0.810. The highest BCUT2D eigenvalue weighted by Gasteiger charge is 2.37. The van der Waals surface area contributed by atoms with Crippen LogP contribution in [0.5, 0.6) is 0 Å². The van der Waals surface area contributed by atoms with Crippen LogP contribution in [-0.2, 0) is 9.59 Å². The molecule has 1 saturated heterocycles. The molecule has 0 bridgehead atoms. The molecule has 6 heteroatoms. The highest BCUT2D eigenvalue weighted by molar-refractivity contribution is 5.85. The predicted octanol–water partition coefficient (Wildman–Crippen LogP) is 2.81. The zero-order valence-corrected chi connectivity index (χ0v) is 16.8. The molecular weight excluding hydrogens is 338 g/mol. The molecule has 2 amide bonds. The SMILES string of the molecule is CCC(CC)(CN)C(=O)N1CCCN(C(=O)CC2CCCC2)CC1.Cl. The van der Waals surface area contributed by atoms with E-state index in [9.17, 15) is 9.59 Å². The van der Waals surface area contributed by atoms with E-state index in [1.54, 1.807) is 0 Å². The smallest absolute Gasteiger partial charge is 0.230 e. The molecule has 0 spiro atoms. The summed E-state index contributed by atoms with van der Waals surface area (Å²) < 4.78 is 0. The summed E-state index contributed by atoms with van der Waals surface area (Å²) in [4.78, 5) is 29.4. The van der Waals surface area contributed by atoms with Crippen molar-refractivity contribution in [3.8, 4) is 0 Å². The van der Waals surface area contributed by atoms with Gasteiger partial charge in [0.2, 0.25) is 11.8 Å². The normalized spacial score (nSPS) is 19.5. The molecule has 0 aromatic heterocycles. The van der Waals surface area contributed by atoms with E-state index in [2.05, 4.69) is 0 Å². The molecular formula is C19H36ClN3O2. The van der Waals surface area contributed by atoms with Crippen LogP contribution in [0, 0.1) is 11.3 Å². The maximum Gasteiger partial charge on any atom is 0.230 e. The van der Waals surface area contributed by atoms with E-state index in [0.29, 0.717) is 32.0 Å². The van der Waals surface area contributed by atoms with Crippen LogP contribution in [0.15, 0.2) is 0 Å². The van der Waals surface area contributed by atoms with Gasteiger partial charge in [-0.1, -0.05) is 26.7 Å². The number of rotatable bonds is 6. The number of carbonyl (C=O) groups is 2. The maximum atomic E-state index is 13.0. The monoisotopic (exact) mass is 373 g/mol.